The summed E-state index contributed by atoms with van der Waals surface area (Å²) in [4.78, 5) is 23.3. The molecule has 0 fully saturated rings. The Bertz CT molecular complexity index is 721. The Morgan fingerprint density at radius 3 is 2.43 bits per heavy atom. The van der Waals surface area contributed by atoms with Crippen molar-refractivity contribution in [1.29, 1.82) is 0 Å². The number of benzene rings is 2. The van der Waals surface area contributed by atoms with Gasteiger partial charge in [0.05, 0.1) is 6.21 Å². The average Bonchev–Trinajstić information content (AvgIpc) is 2.57. The molecule has 0 bridgehead atoms. The van der Waals surface area contributed by atoms with Crippen LogP contribution in [0.4, 0.5) is 5.69 Å². The summed E-state index contributed by atoms with van der Waals surface area (Å²) in [6.45, 7) is 3.76. The number of nitrogens with zero attached hydrogens (tertiary/aromatic N) is 1. The number of carbonyl (C=O) groups excluding carboxylic acids is 2. The van der Waals surface area contributed by atoms with Gasteiger partial charge in [0.15, 0.2) is 0 Å². The van der Waals surface area contributed by atoms with Crippen LogP contribution in [0.5, 0.6) is 0 Å². The number of nitrogens with one attached hydrogen (secondary N) is 2. The van der Waals surface area contributed by atoms with Crippen molar-refractivity contribution in [2.24, 2.45) is 5.10 Å². The first-order valence-corrected chi connectivity index (χ1v) is 7.39. The van der Waals surface area contributed by atoms with Crippen LogP contribution < -0.4 is 10.7 Å². The summed E-state index contributed by atoms with van der Waals surface area (Å²) in [6.07, 6.45) is 2.03. The summed E-state index contributed by atoms with van der Waals surface area (Å²) in [7, 11) is 0. The molecule has 0 aliphatic carbocycles. The molecule has 118 valence electrons. The molecule has 2 aromatic rings. The molecule has 5 heteroatoms. The smallest absolute Gasteiger partial charge is 0.271 e. The third-order valence-corrected chi connectivity index (χ3v) is 3.31. The van der Waals surface area contributed by atoms with Gasteiger partial charge >= 0.3 is 0 Å². The van der Waals surface area contributed by atoms with E-state index in [1.165, 1.54) is 0 Å². The van der Waals surface area contributed by atoms with Gasteiger partial charge in [-0.15, -0.1) is 0 Å². The number of aryl methyl sites for hydroxylation is 1. The maximum atomic E-state index is 12.0. The lowest BCUT2D eigenvalue weighted by Crippen LogP contribution is -2.17. The number of hydrogen-bond acceptors (Lipinski definition) is 3. The fourth-order valence-corrected chi connectivity index (χ4v) is 1.91. The van der Waals surface area contributed by atoms with Crippen molar-refractivity contribution in [2.75, 3.05) is 5.32 Å². The molecule has 2 amide bonds. The largest absolute Gasteiger partial charge is 0.326 e. The SMILES string of the molecule is CCC(=O)Nc1ccc(C(=O)N/N=C/c2ccccc2C)cc1. The van der Waals surface area contributed by atoms with E-state index >= 15 is 0 Å². The fraction of sp³-hybridized carbons (Fsp3) is 0.167. The van der Waals surface area contributed by atoms with Crippen LogP contribution in [0.1, 0.15) is 34.8 Å². The van der Waals surface area contributed by atoms with Gasteiger partial charge in [-0.3, -0.25) is 9.59 Å². The zero-order valence-corrected chi connectivity index (χ0v) is 13.2. The van der Waals surface area contributed by atoms with E-state index < -0.39 is 0 Å². The number of hydrogen-bond donors (Lipinski definition) is 2. The monoisotopic (exact) mass is 309 g/mol. The second-order valence-corrected chi connectivity index (χ2v) is 5.03. The summed E-state index contributed by atoms with van der Waals surface area (Å²) < 4.78 is 0. The lowest BCUT2D eigenvalue weighted by Gasteiger charge is -2.05. The number of carbonyl (C=O) groups is 2. The Kier molecular flexibility index (Phi) is 5.63. The van der Waals surface area contributed by atoms with Gasteiger partial charge in [-0.25, -0.2) is 5.43 Å². The zero-order valence-electron chi connectivity index (χ0n) is 13.2. The van der Waals surface area contributed by atoms with Crippen LogP contribution in [0.15, 0.2) is 53.6 Å². The van der Waals surface area contributed by atoms with Crippen molar-refractivity contribution in [3.05, 3.63) is 65.2 Å². The van der Waals surface area contributed by atoms with Crippen molar-refractivity contribution in [1.82, 2.24) is 5.43 Å². The van der Waals surface area contributed by atoms with Crippen LogP contribution in [0, 0.1) is 6.92 Å². The molecule has 23 heavy (non-hydrogen) atoms. The zero-order chi connectivity index (χ0) is 16.7. The normalized spacial score (nSPS) is 10.5. The molecule has 2 rings (SSSR count). The van der Waals surface area contributed by atoms with E-state index in [1.54, 1.807) is 37.4 Å². The maximum Gasteiger partial charge on any atom is 0.271 e. The molecule has 0 spiro atoms. The average molecular weight is 309 g/mol. The van der Waals surface area contributed by atoms with E-state index in [2.05, 4.69) is 15.8 Å². The van der Waals surface area contributed by atoms with Crippen molar-refractivity contribution < 1.29 is 9.59 Å². The molecule has 5 nitrogen and oxygen atoms in total. The quantitative estimate of drug-likeness (QED) is 0.658. The Hall–Kier alpha value is -2.95. The summed E-state index contributed by atoms with van der Waals surface area (Å²) >= 11 is 0. The predicted octanol–water partition coefficient (Wildman–Crippen LogP) is 3.11. The van der Waals surface area contributed by atoms with Crippen LogP contribution >= 0.6 is 0 Å². The van der Waals surface area contributed by atoms with Gasteiger partial charge in [-0.05, 0) is 42.3 Å². The second-order valence-electron chi connectivity index (χ2n) is 5.03. The molecule has 2 N–H and O–H groups in total. The first kappa shape index (κ1) is 16.4. The van der Waals surface area contributed by atoms with E-state index in [-0.39, 0.29) is 11.8 Å². The lowest BCUT2D eigenvalue weighted by molar-refractivity contribution is -0.115. The van der Waals surface area contributed by atoms with Gasteiger partial charge in [0.1, 0.15) is 0 Å². The second kappa shape index (κ2) is 7.89. The summed E-state index contributed by atoms with van der Waals surface area (Å²) in [5.41, 5.74) is 5.66. The highest BCUT2D eigenvalue weighted by atomic mass is 16.2. The molecule has 0 atom stereocenters. The molecule has 0 saturated heterocycles. The lowest BCUT2D eigenvalue weighted by atomic mass is 10.1. The van der Waals surface area contributed by atoms with E-state index in [0.29, 0.717) is 17.7 Å². The number of rotatable bonds is 5. The van der Waals surface area contributed by atoms with E-state index in [0.717, 1.165) is 11.1 Å². The Morgan fingerprint density at radius 2 is 1.78 bits per heavy atom. The first-order chi connectivity index (χ1) is 11.1. The highest BCUT2D eigenvalue weighted by Gasteiger charge is 2.05. The molecule has 0 aliphatic heterocycles. The van der Waals surface area contributed by atoms with E-state index in [9.17, 15) is 9.59 Å². The molecular formula is C18H19N3O2. The molecule has 0 saturated carbocycles. The van der Waals surface area contributed by atoms with Crippen molar-refractivity contribution >= 4 is 23.7 Å². The van der Waals surface area contributed by atoms with Crippen molar-refractivity contribution in [3.63, 3.8) is 0 Å². The summed E-state index contributed by atoms with van der Waals surface area (Å²) in [6, 6.07) is 14.4. The fourth-order valence-electron chi connectivity index (χ4n) is 1.91. The summed E-state index contributed by atoms with van der Waals surface area (Å²) in [5, 5.41) is 6.70. The molecule has 0 radical (unpaired) electrons. The van der Waals surface area contributed by atoms with Gasteiger partial charge in [0.25, 0.3) is 5.91 Å². The summed E-state index contributed by atoms with van der Waals surface area (Å²) in [5.74, 6) is -0.367. The third-order valence-electron chi connectivity index (χ3n) is 3.31. The number of amides is 2. The molecule has 0 aliphatic rings. The van der Waals surface area contributed by atoms with Crippen LogP contribution in [0.25, 0.3) is 0 Å². The predicted molar refractivity (Wildman–Crippen MR) is 91.6 cm³/mol. The molecule has 0 unspecified atom stereocenters. The van der Waals surface area contributed by atoms with Crippen LogP contribution in [0.2, 0.25) is 0 Å². The topological polar surface area (TPSA) is 70.6 Å². The Balaban J connectivity index is 1.96. The minimum absolute atomic E-state index is 0.0648. The maximum absolute atomic E-state index is 12.0. The molecule has 2 aromatic carbocycles. The third kappa shape index (κ3) is 4.78. The van der Waals surface area contributed by atoms with Crippen molar-refractivity contribution in [3.8, 4) is 0 Å². The van der Waals surface area contributed by atoms with Gasteiger partial charge in [-0.1, -0.05) is 31.2 Å². The van der Waals surface area contributed by atoms with Gasteiger partial charge in [0, 0.05) is 17.7 Å². The first-order valence-electron chi connectivity index (χ1n) is 7.39. The highest BCUT2D eigenvalue weighted by Crippen LogP contribution is 2.10. The van der Waals surface area contributed by atoms with E-state index in [1.807, 2.05) is 31.2 Å². The highest BCUT2D eigenvalue weighted by molar-refractivity contribution is 5.96. The molecule has 0 aromatic heterocycles. The minimum atomic E-state index is -0.303. The number of hydrazone groups is 1. The van der Waals surface area contributed by atoms with Crippen LogP contribution in [-0.2, 0) is 4.79 Å². The van der Waals surface area contributed by atoms with Crippen LogP contribution in [-0.4, -0.2) is 18.0 Å². The van der Waals surface area contributed by atoms with Crippen LogP contribution in [0.3, 0.4) is 0 Å². The Morgan fingerprint density at radius 1 is 1.09 bits per heavy atom. The van der Waals surface area contributed by atoms with Gasteiger partial charge < -0.3 is 5.32 Å². The number of anilines is 1. The van der Waals surface area contributed by atoms with Crippen molar-refractivity contribution in [2.45, 2.75) is 20.3 Å². The van der Waals surface area contributed by atoms with Gasteiger partial charge in [0.2, 0.25) is 5.91 Å². The molecule has 0 heterocycles. The molecular weight excluding hydrogens is 290 g/mol. The Labute approximate surface area is 135 Å². The van der Waals surface area contributed by atoms with Gasteiger partial charge in [-0.2, -0.15) is 5.10 Å². The minimum Gasteiger partial charge on any atom is -0.326 e. The van der Waals surface area contributed by atoms with E-state index in [4.69, 9.17) is 0 Å². The standard InChI is InChI=1S/C18H19N3O2/c1-3-17(22)20-16-10-8-14(9-11-16)18(23)21-19-12-15-7-5-4-6-13(15)2/h4-12H,3H2,1-2H3,(H,20,22)(H,21,23)/b19-12+.